The molecule has 0 bridgehead atoms. The van der Waals surface area contributed by atoms with E-state index in [4.69, 9.17) is 4.52 Å². The summed E-state index contributed by atoms with van der Waals surface area (Å²) in [6.07, 6.45) is 8.34. The molecule has 2 aliphatic rings. The van der Waals surface area contributed by atoms with Crippen molar-refractivity contribution in [2.45, 2.75) is 57.0 Å². The highest BCUT2D eigenvalue weighted by Gasteiger charge is 2.38. The SMILES string of the molecule is Cl.c1ccc(CCc2noc(C3CC4CCCCC4N3)n2)cc1. The van der Waals surface area contributed by atoms with Gasteiger partial charge in [0.05, 0.1) is 6.04 Å². The van der Waals surface area contributed by atoms with Crippen molar-refractivity contribution in [3.8, 4) is 0 Å². The first-order valence-electron chi connectivity index (χ1n) is 8.51. The van der Waals surface area contributed by atoms with Crippen LogP contribution in [0.3, 0.4) is 0 Å². The molecule has 3 unspecified atom stereocenters. The van der Waals surface area contributed by atoms with Crippen LogP contribution in [0.1, 0.15) is 55.4 Å². The van der Waals surface area contributed by atoms with Gasteiger partial charge >= 0.3 is 0 Å². The van der Waals surface area contributed by atoms with E-state index in [9.17, 15) is 0 Å². The van der Waals surface area contributed by atoms with Gasteiger partial charge in [-0.1, -0.05) is 48.3 Å². The van der Waals surface area contributed by atoms with Gasteiger partial charge in [-0.3, -0.25) is 0 Å². The van der Waals surface area contributed by atoms with Crippen LogP contribution >= 0.6 is 12.4 Å². The molecule has 4 rings (SSSR count). The van der Waals surface area contributed by atoms with Crippen LogP contribution < -0.4 is 5.32 Å². The Morgan fingerprint density at radius 2 is 1.91 bits per heavy atom. The number of rotatable bonds is 4. The van der Waals surface area contributed by atoms with E-state index in [0.717, 1.165) is 36.9 Å². The Balaban J connectivity index is 0.00000156. The first-order valence-corrected chi connectivity index (χ1v) is 8.51. The van der Waals surface area contributed by atoms with Crippen LogP contribution in [-0.2, 0) is 12.8 Å². The predicted molar refractivity (Wildman–Crippen MR) is 91.6 cm³/mol. The molecule has 1 saturated heterocycles. The molecule has 2 aromatic rings. The third-order valence-electron chi connectivity index (χ3n) is 5.12. The summed E-state index contributed by atoms with van der Waals surface area (Å²) in [5, 5.41) is 7.87. The lowest BCUT2D eigenvalue weighted by Gasteiger charge is -2.24. The molecule has 124 valence electrons. The summed E-state index contributed by atoms with van der Waals surface area (Å²) in [7, 11) is 0. The summed E-state index contributed by atoms with van der Waals surface area (Å²) in [4.78, 5) is 4.62. The molecule has 2 heterocycles. The van der Waals surface area contributed by atoms with E-state index < -0.39 is 0 Å². The van der Waals surface area contributed by atoms with Gasteiger partial charge in [-0.15, -0.1) is 12.4 Å². The number of halogens is 1. The molecule has 1 aromatic heterocycles. The Morgan fingerprint density at radius 1 is 1.09 bits per heavy atom. The summed E-state index contributed by atoms with van der Waals surface area (Å²) in [5.74, 6) is 2.42. The summed E-state index contributed by atoms with van der Waals surface area (Å²) in [5.41, 5.74) is 1.32. The summed E-state index contributed by atoms with van der Waals surface area (Å²) < 4.78 is 5.52. The molecule has 1 saturated carbocycles. The number of nitrogens with one attached hydrogen (secondary N) is 1. The van der Waals surface area contributed by atoms with Crippen molar-refractivity contribution in [3.05, 3.63) is 47.6 Å². The van der Waals surface area contributed by atoms with Crippen molar-refractivity contribution >= 4 is 12.4 Å². The highest BCUT2D eigenvalue weighted by Crippen LogP contribution is 2.38. The van der Waals surface area contributed by atoms with Crippen LogP contribution in [0.4, 0.5) is 0 Å². The second-order valence-corrected chi connectivity index (χ2v) is 6.64. The minimum absolute atomic E-state index is 0. The van der Waals surface area contributed by atoms with Crippen molar-refractivity contribution in [3.63, 3.8) is 0 Å². The maximum Gasteiger partial charge on any atom is 0.243 e. The molecule has 23 heavy (non-hydrogen) atoms. The van der Waals surface area contributed by atoms with Crippen LogP contribution in [0.25, 0.3) is 0 Å². The van der Waals surface area contributed by atoms with E-state index >= 15 is 0 Å². The van der Waals surface area contributed by atoms with Crippen molar-refractivity contribution < 1.29 is 4.52 Å². The van der Waals surface area contributed by atoms with Crippen molar-refractivity contribution in [2.75, 3.05) is 0 Å². The van der Waals surface area contributed by atoms with Gasteiger partial charge in [0, 0.05) is 12.5 Å². The van der Waals surface area contributed by atoms with Crippen LogP contribution in [0.5, 0.6) is 0 Å². The van der Waals surface area contributed by atoms with E-state index in [-0.39, 0.29) is 18.4 Å². The Hall–Kier alpha value is -1.39. The minimum atomic E-state index is 0. The monoisotopic (exact) mass is 333 g/mol. The van der Waals surface area contributed by atoms with Gasteiger partial charge in [0.1, 0.15) is 0 Å². The molecule has 0 radical (unpaired) electrons. The Labute approximate surface area is 143 Å². The summed E-state index contributed by atoms with van der Waals surface area (Å²) in [6.45, 7) is 0. The average Bonchev–Trinajstić information content (AvgIpc) is 3.20. The standard InChI is InChI=1S/C18H23N3O.ClH/c1-2-6-13(7-3-1)10-11-17-20-18(22-21-17)16-12-14-8-4-5-9-15(14)19-16;/h1-3,6-7,14-16,19H,4-5,8-12H2;1H. The fourth-order valence-corrected chi connectivity index (χ4v) is 3.92. The van der Waals surface area contributed by atoms with Crippen LogP contribution in [0, 0.1) is 5.92 Å². The lowest BCUT2D eigenvalue weighted by molar-refractivity contribution is 0.324. The third-order valence-corrected chi connectivity index (χ3v) is 5.12. The lowest BCUT2D eigenvalue weighted by atomic mass is 9.85. The van der Waals surface area contributed by atoms with E-state index in [1.165, 1.54) is 31.2 Å². The highest BCUT2D eigenvalue weighted by molar-refractivity contribution is 5.85. The molecule has 1 aromatic carbocycles. The minimum Gasteiger partial charge on any atom is -0.338 e. The van der Waals surface area contributed by atoms with Gasteiger partial charge in [-0.05, 0) is 37.2 Å². The second-order valence-electron chi connectivity index (χ2n) is 6.64. The fourth-order valence-electron chi connectivity index (χ4n) is 3.92. The van der Waals surface area contributed by atoms with Crippen molar-refractivity contribution in [1.82, 2.24) is 15.5 Å². The van der Waals surface area contributed by atoms with Gasteiger partial charge in [-0.25, -0.2) is 0 Å². The molecule has 1 N–H and O–H groups in total. The normalized spacial score (nSPS) is 26.5. The topological polar surface area (TPSA) is 51.0 Å². The number of aromatic nitrogens is 2. The molecule has 4 nitrogen and oxygen atoms in total. The first kappa shape index (κ1) is 16.5. The summed E-state index contributed by atoms with van der Waals surface area (Å²) >= 11 is 0. The van der Waals surface area contributed by atoms with Gasteiger partial charge in [0.15, 0.2) is 5.82 Å². The predicted octanol–water partition coefficient (Wildman–Crippen LogP) is 3.87. The molecule has 2 fully saturated rings. The number of hydrogen-bond acceptors (Lipinski definition) is 4. The van der Waals surface area contributed by atoms with Crippen LogP contribution in [0.15, 0.2) is 34.9 Å². The Morgan fingerprint density at radius 3 is 2.74 bits per heavy atom. The van der Waals surface area contributed by atoms with Crippen LogP contribution in [0.2, 0.25) is 0 Å². The molecular weight excluding hydrogens is 310 g/mol. The summed E-state index contributed by atoms with van der Waals surface area (Å²) in [6, 6.07) is 11.4. The van der Waals surface area contributed by atoms with Gasteiger partial charge in [0.25, 0.3) is 0 Å². The molecule has 3 atom stereocenters. The average molecular weight is 334 g/mol. The van der Waals surface area contributed by atoms with E-state index in [2.05, 4.69) is 39.7 Å². The molecule has 1 aliphatic carbocycles. The maximum atomic E-state index is 5.52. The smallest absolute Gasteiger partial charge is 0.243 e. The number of nitrogens with zero attached hydrogens (tertiary/aromatic N) is 2. The quantitative estimate of drug-likeness (QED) is 0.922. The Kier molecular flexibility index (Phi) is 5.34. The molecule has 0 amide bonds. The lowest BCUT2D eigenvalue weighted by Crippen LogP contribution is -2.30. The zero-order valence-electron chi connectivity index (χ0n) is 13.3. The zero-order valence-corrected chi connectivity index (χ0v) is 14.1. The third kappa shape index (κ3) is 3.75. The Bertz CT molecular complexity index is 602. The number of hydrogen-bond donors (Lipinski definition) is 1. The fraction of sp³-hybridized carbons (Fsp3) is 0.556. The van der Waals surface area contributed by atoms with E-state index in [1.807, 2.05) is 6.07 Å². The van der Waals surface area contributed by atoms with Gasteiger partial charge in [-0.2, -0.15) is 4.98 Å². The molecule has 1 aliphatic heterocycles. The number of benzene rings is 1. The van der Waals surface area contributed by atoms with E-state index in [0.29, 0.717) is 6.04 Å². The molecule has 5 heteroatoms. The molecule has 0 spiro atoms. The van der Waals surface area contributed by atoms with Crippen molar-refractivity contribution in [1.29, 1.82) is 0 Å². The molecular formula is C18H24ClN3O. The van der Waals surface area contributed by atoms with Crippen LogP contribution in [-0.4, -0.2) is 16.2 Å². The number of aryl methyl sites for hydroxylation is 2. The van der Waals surface area contributed by atoms with Crippen molar-refractivity contribution in [2.24, 2.45) is 5.92 Å². The maximum absolute atomic E-state index is 5.52. The van der Waals surface area contributed by atoms with E-state index in [1.54, 1.807) is 0 Å². The first-order chi connectivity index (χ1) is 10.9. The van der Waals surface area contributed by atoms with Gasteiger partial charge in [0.2, 0.25) is 5.89 Å². The highest BCUT2D eigenvalue weighted by atomic mass is 35.5. The zero-order chi connectivity index (χ0) is 14.8. The largest absolute Gasteiger partial charge is 0.338 e. The number of fused-ring (bicyclic) bond motifs is 1. The second kappa shape index (κ2) is 7.45. The van der Waals surface area contributed by atoms with Gasteiger partial charge < -0.3 is 9.84 Å².